The van der Waals surface area contributed by atoms with E-state index in [4.69, 9.17) is 9.15 Å². The lowest BCUT2D eigenvalue weighted by atomic mass is 10.0. The van der Waals surface area contributed by atoms with E-state index in [0.717, 1.165) is 11.1 Å². The summed E-state index contributed by atoms with van der Waals surface area (Å²) in [6.45, 7) is 3.88. The number of hydrogen-bond donors (Lipinski definition) is 0. The molecule has 0 saturated carbocycles. The van der Waals surface area contributed by atoms with Crippen molar-refractivity contribution in [3.8, 4) is 17.1 Å². The van der Waals surface area contributed by atoms with E-state index in [1.165, 1.54) is 0 Å². The fourth-order valence-electron chi connectivity index (χ4n) is 3.03. The zero-order valence-corrected chi connectivity index (χ0v) is 15.6. The highest BCUT2D eigenvalue weighted by atomic mass is 16.5. The molecule has 0 aliphatic rings. The zero-order chi connectivity index (χ0) is 19.7. The van der Waals surface area contributed by atoms with Crippen LogP contribution in [-0.4, -0.2) is 5.97 Å². The number of ether oxygens (including phenoxy) is 1. The number of aryl methyl sites for hydroxylation is 2. The summed E-state index contributed by atoms with van der Waals surface area (Å²) < 4.78 is 11.6. The second kappa shape index (κ2) is 7.16. The first kappa shape index (κ1) is 17.7. The van der Waals surface area contributed by atoms with Gasteiger partial charge in [-0.1, -0.05) is 48.5 Å². The van der Waals surface area contributed by atoms with E-state index in [1.807, 2.05) is 56.3 Å². The smallest absolute Gasteiger partial charge is 0.343 e. The van der Waals surface area contributed by atoms with E-state index < -0.39 is 5.97 Å². The van der Waals surface area contributed by atoms with Gasteiger partial charge in [-0.2, -0.15) is 0 Å². The molecule has 4 aromatic rings. The molecule has 3 aromatic carbocycles. The molecule has 0 aliphatic heterocycles. The number of rotatable bonds is 3. The van der Waals surface area contributed by atoms with Crippen LogP contribution in [0.1, 0.15) is 21.5 Å². The number of carbonyl (C=O) groups excluding carboxylic acids is 1. The maximum atomic E-state index is 13.2. The van der Waals surface area contributed by atoms with Crippen molar-refractivity contribution in [3.05, 3.63) is 99.7 Å². The molecule has 0 atom stereocenters. The van der Waals surface area contributed by atoms with Gasteiger partial charge in [0.2, 0.25) is 11.2 Å². The third-order valence-electron chi connectivity index (χ3n) is 4.71. The third kappa shape index (κ3) is 3.21. The number of carbonyl (C=O) groups is 1. The first-order valence-corrected chi connectivity index (χ1v) is 8.95. The zero-order valence-electron chi connectivity index (χ0n) is 15.6. The van der Waals surface area contributed by atoms with Crippen molar-refractivity contribution in [2.75, 3.05) is 0 Å². The van der Waals surface area contributed by atoms with Gasteiger partial charge < -0.3 is 9.15 Å². The SMILES string of the molecule is Cc1cc2oc(-c3ccccc3)c(OC(=O)c3ccccc3)c(=O)c2cc1C. The molecule has 0 fully saturated rings. The topological polar surface area (TPSA) is 56.5 Å². The van der Waals surface area contributed by atoms with Gasteiger partial charge in [-0.15, -0.1) is 0 Å². The van der Waals surface area contributed by atoms with Crippen molar-refractivity contribution >= 4 is 16.9 Å². The fraction of sp³-hybridized carbons (Fsp3) is 0.0833. The third-order valence-corrected chi connectivity index (χ3v) is 4.71. The Bertz CT molecular complexity index is 1220. The van der Waals surface area contributed by atoms with Crippen LogP contribution >= 0.6 is 0 Å². The molecule has 0 N–H and O–H groups in total. The first-order chi connectivity index (χ1) is 13.5. The van der Waals surface area contributed by atoms with Gasteiger partial charge in [-0.3, -0.25) is 4.79 Å². The highest BCUT2D eigenvalue weighted by Gasteiger charge is 2.21. The number of esters is 1. The van der Waals surface area contributed by atoms with Crippen molar-refractivity contribution in [2.45, 2.75) is 13.8 Å². The van der Waals surface area contributed by atoms with Gasteiger partial charge in [0, 0.05) is 5.56 Å². The summed E-state index contributed by atoms with van der Waals surface area (Å²) >= 11 is 0. The van der Waals surface area contributed by atoms with E-state index in [2.05, 4.69) is 0 Å². The number of fused-ring (bicyclic) bond motifs is 1. The summed E-state index contributed by atoms with van der Waals surface area (Å²) in [4.78, 5) is 25.8. The Balaban J connectivity index is 1.94. The van der Waals surface area contributed by atoms with Crippen molar-refractivity contribution in [1.82, 2.24) is 0 Å². The van der Waals surface area contributed by atoms with Crippen LogP contribution < -0.4 is 10.2 Å². The summed E-state index contributed by atoms with van der Waals surface area (Å²) in [6.07, 6.45) is 0. The minimum Gasteiger partial charge on any atom is -0.452 e. The normalized spacial score (nSPS) is 10.8. The van der Waals surface area contributed by atoms with Crippen molar-refractivity contribution < 1.29 is 13.9 Å². The van der Waals surface area contributed by atoms with Gasteiger partial charge >= 0.3 is 5.97 Å². The molecule has 0 aliphatic carbocycles. The van der Waals surface area contributed by atoms with E-state index in [9.17, 15) is 9.59 Å². The molecular formula is C24H18O4. The molecule has 0 unspecified atom stereocenters. The number of hydrogen-bond acceptors (Lipinski definition) is 4. The van der Waals surface area contributed by atoms with Crippen LogP contribution in [0.3, 0.4) is 0 Å². The fourth-order valence-corrected chi connectivity index (χ4v) is 3.03. The molecule has 1 aromatic heterocycles. The monoisotopic (exact) mass is 370 g/mol. The van der Waals surface area contributed by atoms with E-state index in [1.54, 1.807) is 30.3 Å². The minimum atomic E-state index is -0.603. The summed E-state index contributed by atoms with van der Waals surface area (Å²) in [6, 6.07) is 21.3. The molecule has 138 valence electrons. The Morgan fingerprint density at radius 2 is 1.46 bits per heavy atom. The van der Waals surface area contributed by atoms with Crippen LogP contribution in [-0.2, 0) is 0 Å². The molecule has 1 heterocycles. The van der Waals surface area contributed by atoms with Gasteiger partial charge in [0.15, 0.2) is 5.76 Å². The average Bonchev–Trinajstić information content (AvgIpc) is 2.72. The molecule has 4 nitrogen and oxygen atoms in total. The molecule has 0 bridgehead atoms. The van der Waals surface area contributed by atoms with Gasteiger partial charge in [0.25, 0.3) is 0 Å². The van der Waals surface area contributed by atoms with Crippen LogP contribution in [0.25, 0.3) is 22.3 Å². The van der Waals surface area contributed by atoms with Gasteiger partial charge in [0.1, 0.15) is 5.58 Å². The van der Waals surface area contributed by atoms with Crippen LogP contribution in [0, 0.1) is 13.8 Å². The molecule has 0 spiro atoms. The van der Waals surface area contributed by atoms with Crippen LogP contribution in [0.5, 0.6) is 5.75 Å². The second-order valence-electron chi connectivity index (χ2n) is 6.64. The van der Waals surface area contributed by atoms with E-state index in [-0.39, 0.29) is 16.9 Å². The molecule has 0 amide bonds. The average molecular weight is 370 g/mol. The van der Waals surface area contributed by atoms with Gasteiger partial charge in [0.05, 0.1) is 10.9 Å². The summed E-state index contributed by atoms with van der Waals surface area (Å²) in [5.41, 5.74) is 3.10. The van der Waals surface area contributed by atoms with E-state index in [0.29, 0.717) is 22.1 Å². The van der Waals surface area contributed by atoms with Crippen molar-refractivity contribution in [2.24, 2.45) is 0 Å². The quantitative estimate of drug-likeness (QED) is 0.460. The Hall–Kier alpha value is -3.66. The predicted octanol–water partition coefficient (Wildman–Crippen LogP) is 5.30. The standard InChI is InChI=1S/C24H18O4/c1-15-13-19-20(14-16(15)2)27-22(17-9-5-3-6-10-17)23(21(19)25)28-24(26)18-11-7-4-8-12-18/h3-14H,1-2H3. The molecule has 0 saturated heterocycles. The Kier molecular flexibility index (Phi) is 4.53. The molecule has 28 heavy (non-hydrogen) atoms. The highest BCUT2D eigenvalue weighted by molar-refractivity contribution is 5.93. The Labute approximate surface area is 162 Å². The number of benzene rings is 3. The highest BCUT2D eigenvalue weighted by Crippen LogP contribution is 2.32. The summed E-state index contributed by atoms with van der Waals surface area (Å²) in [5.74, 6) is -0.463. The molecule has 0 radical (unpaired) electrons. The lowest BCUT2D eigenvalue weighted by molar-refractivity contribution is 0.0731. The van der Waals surface area contributed by atoms with E-state index >= 15 is 0 Å². The van der Waals surface area contributed by atoms with Crippen LogP contribution in [0.2, 0.25) is 0 Å². The molecule has 4 rings (SSSR count). The Morgan fingerprint density at radius 3 is 2.14 bits per heavy atom. The van der Waals surface area contributed by atoms with Crippen molar-refractivity contribution in [1.29, 1.82) is 0 Å². The van der Waals surface area contributed by atoms with Gasteiger partial charge in [-0.25, -0.2) is 4.79 Å². The molecule has 4 heteroatoms. The predicted molar refractivity (Wildman–Crippen MR) is 109 cm³/mol. The van der Waals surface area contributed by atoms with Crippen LogP contribution in [0.4, 0.5) is 0 Å². The van der Waals surface area contributed by atoms with Crippen molar-refractivity contribution in [3.63, 3.8) is 0 Å². The largest absolute Gasteiger partial charge is 0.452 e. The molecular weight excluding hydrogens is 352 g/mol. The summed E-state index contributed by atoms with van der Waals surface area (Å²) in [7, 11) is 0. The Morgan fingerprint density at radius 1 is 0.857 bits per heavy atom. The van der Waals surface area contributed by atoms with Crippen LogP contribution in [0.15, 0.2) is 82.0 Å². The maximum absolute atomic E-state index is 13.2. The second-order valence-corrected chi connectivity index (χ2v) is 6.64. The minimum absolute atomic E-state index is 0.101. The summed E-state index contributed by atoms with van der Waals surface area (Å²) in [5, 5.41) is 0.388. The lowest BCUT2D eigenvalue weighted by Gasteiger charge is -2.12. The first-order valence-electron chi connectivity index (χ1n) is 8.95. The lowest BCUT2D eigenvalue weighted by Crippen LogP contribution is -2.16. The van der Waals surface area contributed by atoms with Gasteiger partial charge in [-0.05, 0) is 49.2 Å². The maximum Gasteiger partial charge on any atom is 0.343 e.